The van der Waals surface area contributed by atoms with Crippen molar-refractivity contribution in [3.63, 3.8) is 0 Å². The number of halogens is 1. The molecule has 7 nitrogen and oxygen atoms in total. The number of aromatic nitrogens is 4. The maximum absolute atomic E-state index is 12.5. The number of hydrogen-bond acceptors (Lipinski definition) is 7. The van der Waals surface area contributed by atoms with E-state index < -0.39 is 0 Å². The van der Waals surface area contributed by atoms with E-state index in [0.29, 0.717) is 34.4 Å². The van der Waals surface area contributed by atoms with Crippen LogP contribution in [0.5, 0.6) is 5.75 Å². The van der Waals surface area contributed by atoms with Gasteiger partial charge in [-0.25, -0.2) is 4.98 Å². The van der Waals surface area contributed by atoms with Gasteiger partial charge in [-0.1, -0.05) is 49.3 Å². The second-order valence-electron chi connectivity index (χ2n) is 8.16. The number of nitrogens with zero attached hydrogens (tertiary/aromatic N) is 4. The fraction of sp³-hybridized carbons (Fsp3) is 0.280. The van der Waals surface area contributed by atoms with Crippen molar-refractivity contribution in [2.24, 2.45) is 5.92 Å². The van der Waals surface area contributed by atoms with E-state index in [0.717, 1.165) is 28.4 Å². The molecular weight excluding hydrogens is 502 g/mol. The van der Waals surface area contributed by atoms with Crippen LogP contribution < -0.4 is 10.1 Å². The average Bonchev–Trinajstić information content (AvgIpc) is 3.49. The van der Waals surface area contributed by atoms with Crippen LogP contribution in [0.1, 0.15) is 20.8 Å². The largest absolute Gasteiger partial charge is 0.493 e. The van der Waals surface area contributed by atoms with Crippen molar-refractivity contribution in [2.45, 2.75) is 32.5 Å². The summed E-state index contributed by atoms with van der Waals surface area (Å²) >= 11 is 8.68. The van der Waals surface area contributed by atoms with Crippen LogP contribution >= 0.6 is 34.7 Å². The Morgan fingerprint density at radius 3 is 2.51 bits per heavy atom. The predicted octanol–water partition coefficient (Wildman–Crippen LogP) is 6.51. The van der Waals surface area contributed by atoms with Crippen molar-refractivity contribution in [3.8, 4) is 28.4 Å². The lowest BCUT2D eigenvalue weighted by atomic mass is 10.2. The lowest BCUT2D eigenvalue weighted by Gasteiger charge is -2.10. The zero-order valence-corrected chi connectivity index (χ0v) is 22.1. The van der Waals surface area contributed by atoms with Crippen molar-refractivity contribution in [3.05, 3.63) is 58.9 Å². The molecule has 0 fully saturated rings. The Morgan fingerprint density at radius 2 is 1.83 bits per heavy atom. The van der Waals surface area contributed by atoms with Gasteiger partial charge in [-0.2, -0.15) is 0 Å². The van der Waals surface area contributed by atoms with Crippen molar-refractivity contribution in [2.75, 3.05) is 17.7 Å². The Balaban J connectivity index is 1.36. The van der Waals surface area contributed by atoms with Crippen LogP contribution in [0.4, 0.5) is 5.13 Å². The molecule has 0 atom stereocenters. The Hall–Kier alpha value is -2.88. The van der Waals surface area contributed by atoms with E-state index in [1.807, 2.05) is 65.4 Å². The number of anilines is 1. The lowest BCUT2D eigenvalue weighted by Crippen LogP contribution is -2.14. The second-order valence-corrected chi connectivity index (χ2v) is 10.4. The van der Waals surface area contributed by atoms with Crippen LogP contribution in [0.3, 0.4) is 0 Å². The van der Waals surface area contributed by atoms with Crippen LogP contribution in [0.15, 0.2) is 59.1 Å². The molecule has 10 heteroatoms. The molecule has 0 saturated carbocycles. The number of carbonyl (C=O) groups is 1. The Morgan fingerprint density at radius 1 is 1.11 bits per heavy atom. The van der Waals surface area contributed by atoms with Gasteiger partial charge < -0.3 is 14.6 Å². The summed E-state index contributed by atoms with van der Waals surface area (Å²) in [6, 6.07) is 15.3. The third-order valence-corrected chi connectivity index (χ3v) is 6.93. The number of carbonyl (C=O) groups excluding carboxylic acids is 1. The summed E-state index contributed by atoms with van der Waals surface area (Å²) in [5, 5.41) is 15.4. The van der Waals surface area contributed by atoms with Crippen molar-refractivity contribution in [1.82, 2.24) is 19.7 Å². The SMILES string of the molecule is CCn1c(SCC(=O)Nc2nc(-c3ccc(Cl)cc3)cs2)nnc1-c1ccc(OCC(C)C)cc1. The zero-order chi connectivity index (χ0) is 24.8. The standard InChI is InChI=1S/C25H26ClN5O2S2/c1-4-31-23(18-7-11-20(12-8-18)33-13-16(2)3)29-30-25(31)35-15-22(32)28-24-27-21(14-34-24)17-5-9-19(26)10-6-17/h5-12,14,16H,4,13,15H2,1-3H3,(H,27,28,32). The summed E-state index contributed by atoms with van der Waals surface area (Å²) in [5.41, 5.74) is 2.69. The summed E-state index contributed by atoms with van der Waals surface area (Å²) in [6.07, 6.45) is 0. The Kier molecular flexibility index (Phi) is 8.43. The van der Waals surface area contributed by atoms with Gasteiger partial charge in [0, 0.05) is 28.1 Å². The molecule has 4 rings (SSSR count). The molecular formula is C25H26ClN5O2S2. The summed E-state index contributed by atoms with van der Waals surface area (Å²) < 4.78 is 7.77. The molecule has 0 unspecified atom stereocenters. The Labute approximate surface area is 217 Å². The number of rotatable bonds is 10. The average molecular weight is 528 g/mol. The third kappa shape index (κ3) is 6.62. The first kappa shape index (κ1) is 25.2. The topological polar surface area (TPSA) is 81.9 Å². The highest BCUT2D eigenvalue weighted by molar-refractivity contribution is 7.99. The molecule has 0 radical (unpaired) electrons. The predicted molar refractivity (Wildman–Crippen MR) is 143 cm³/mol. The molecule has 0 saturated heterocycles. The molecule has 4 aromatic rings. The van der Waals surface area contributed by atoms with Gasteiger partial charge >= 0.3 is 0 Å². The number of benzene rings is 2. The van der Waals surface area contributed by atoms with Gasteiger partial charge in [0.15, 0.2) is 16.1 Å². The fourth-order valence-corrected chi connectivity index (χ4v) is 4.89. The third-order valence-electron chi connectivity index (χ3n) is 4.95. The van der Waals surface area contributed by atoms with Crippen LogP contribution in [-0.2, 0) is 11.3 Å². The molecule has 0 bridgehead atoms. The van der Waals surface area contributed by atoms with Gasteiger partial charge in [-0.15, -0.1) is 21.5 Å². The molecule has 0 aliphatic carbocycles. The van der Waals surface area contributed by atoms with Gasteiger partial charge in [-0.3, -0.25) is 4.79 Å². The maximum Gasteiger partial charge on any atom is 0.236 e. The first-order chi connectivity index (χ1) is 16.9. The highest BCUT2D eigenvalue weighted by Crippen LogP contribution is 2.28. The minimum Gasteiger partial charge on any atom is -0.493 e. The van der Waals surface area contributed by atoms with E-state index >= 15 is 0 Å². The number of amides is 1. The molecule has 2 aromatic heterocycles. The van der Waals surface area contributed by atoms with Crippen molar-refractivity contribution < 1.29 is 9.53 Å². The monoisotopic (exact) mass is 527 g/mol. The van der Waals surface area contributed by atoms with Crippen LogP contribution in [0.2, 0.25) is 5.02 Å². The molecule has 0 aliphatic heterocycles. The van der Waals surface area contributed by atoms with E-state index in [2.05, 4.69) is 34.3 Å². The van der Waals surface area contributed by atoms with Crippen molar-refractivity contribution in [1.29, 1.82) is 0 Å². The summed E-state index contributed by atoms with van der Waals surface area (Å²) in [4.78, 5) is 17.0. The quantitative estimate of drug-likeness (QED) is 0.237. The van der Waals surface area contributed by atoms with E-state index in [9.17, 15) is 4.79 Å². The van der Waals surface area contributed by atoms with E-state index in [-0.39, 0.29) is 11.7 Å². The molecule has 2 aromatic carbocycles. The highest BCUT2D eigenvalue weighted by Gasteiger charge is 2.16. The normalized spacial score (nSPS) is 11.1. The number of ether oxygens (including phenoxy) is 1. The van der Waals surface area contributed by atoms with E-state index in [4.69, 9.17) is 16.3 Å². The molecule has 0 spiro atoms. The number of hydrogen-bond donors (Lipinski definition) is 1. The molecule has 2 heterocycles. The number of thioether (sulfide) groups is 1. The second kappa shape index (κ2) is 11.7. The van der Waals surface area contributed by atoms with Gasteiger partial charge in [-0.05, 0) is 49.2 Å². The maximum atomic E-state index is 12.5. The molecule has 35 heavy (non-hydrogen) atoms. The van der Waals surface area contributed by atoms with Gasteiger partial charge in [0.25, 0.3) is 0 Å². The van der Waals surface area contributed by atoms with Gasteiger partial charge in [0.05, 0.1) is 18.1 Å². The summed E-state index contributed by atoms with van der Waals surface area (Å²) in [7, 11) is 0. The summed E-state index contributed by atoms with van der Waals surface area (Å²) in [5.74, 6) is 2.12. The van der Waals surface area contributed by atoms with E-state index in [1.54, 1.807) is 0 Å². The van der Waals surface area contributed by atoms with Crippen molar-refractivity contribution >= 4 is 45.7 Å². The smallest absolute Gasteiger partial charge is 0.236 e. The Bertz CT molecular complexity index is 1270. The first-order valence-corrected chi connectivity index (χ1v) is 13.5. The minimum absolute atomic E-state index is 0.147. The fourth-order valence-electron chi connectivity index (χ4n) is 3.23. The van der Waals surface area contributed by atoms with Crippen LogP contribution in [0.25, 0.3) is 22.6 Å². The van der Waals surface area contributed by atoms with Crippen LogP contribution in [0, 0.1) is 5.92 Å². The molecule has 0 aliphatic rings. The summed E-state index contributed by atoms with van der Waals surface area (Å²) in [6.45, 7) is 7.64. The molecule has 182 valence electrons. The van der Waals surface area contributed by atoms with Gasteiger partial charge in [0.2, 0.25) is 5.91 Å². The van der Waals surface area contributed by atoms with E-state index in [1.165, 1.54) is 23.1 Å². The minimum atomic E-state index is -0.147. The lowest BCUT2D eigenvalue weighted by molar-refractivity contribution is -0.113. The molecule has 1 N–H and O–H groups in total. The zero-order valence-electron chi connectivity index (χ0n) is 19.7. The number of thiazole rings is 1. The van der Waals surface area contributed by atoms with Crippen LogP contribution in [-0.4, -0.2) is 38.0 Å². The highest BCUT2D eigenvalue weighted by atomic mass is 35.5. The number of nitrogens with one attached hydrogen (secondary N) is 1. The first-order valence-electron chi connectivity index (χ1n) is 11.2. The molecule has 1 amide bonds. The van der Waals surface area contributed by atoms with Gasteiger partial charge in [0.1, 0.15) is 5.75 Å².